The van der Waals surface area contributed by atoms with Crippen LogP contribution in [0.1, 0.15) is 63.0 Å². The monoisotopic (exact) mass is 434 g/mol. The Morgan fingerprint density at radius 1 is 1.14 bits per heavy atom. The van der Waals surface area contributed by atoms with Crippen LogP contribution < -0.4 is 10.6 Å². The number of nitrogens with one attached hydrogen (secondary N) is 2. The highest BCUT2D eigenvalue weighted by Gasteiger charge is 2.26. The number of thiocarbonyl (C=S) groups is 1. The predicted octanol–water partition coefficient (Wildman–Crippen LogP) is 4.63. The maximum absolute atomic E-state index is 12.2. The van der Waals surface area contributed by atoms with Crippen molar-refractivity contribution in [1.29, 1.82) is 0 Å². The highest BCUT2D eigenvalue weighted by atomic mass is 32.1. The number of carbonyl (C=O) groups excluding carboxylic acids is 2. The lowest BCUT2D eigenvalue weighted by atomic mass is 10.0. The first-order valence-electron chi connectivity index (χ1n) is 9.28. The van der Waals surface area contributed by atoms with Gasteiger partial charge < -0.3 is 20.1 Å². The first-order valence-corrected chi connectivity index (χ1v) is 10.5. The summed E-state index contributed by atoms with van der Waals surface area (Å²) in [6, 6.07) is 8.36. The van der Waals surface area contributed by atoms with Gasteiger partial charge in [0, 0.05) is 0 Å². The number of thiophene rings is 1. The Bertz CT molecular complexity index is 891. The van der Waals surface area contributed by atoms with E-state index in [1.54, 1.807) is 6.92 Å². The molecule has 8 heteroatoms. The third kappa shape index (κ3) is 5.55. The maximum Gasteiger partial charge on any atom is 0.348 e. The molecule has 0 radical (unpaired) electrons. The second-order valence-electron chi connectivity index (χ2n) is 6.56. The van der Waals surface area contributed by atoms with E-state index in [9.17, 15) is 9.59 Å². The van der Waals surface area contributed by atoms with Crippen molar-refractivity contribution in [3.63, 3.8) is 0 Å². The van der Waals surface area contributed by atoms with Crippen molar-refractivity contribution in [1.82, 2.24) is 5.32 Å². The van der Waals surface area contributed by atoms with E-state index in [1.807, 2.05) is 6.92 Å². The summed E-state index contributed by atoms with van der Waals surface area (Å²) in [7, 11) is 2.59. The molecule has 1 aromatic carbocycles. The lowest BCUT2D eigenvalue weighted by Crippen LogP contribution is -2.31. The molecule has 156 valence electrons. The van der Waals surface area contributed by atoms with Gasteiger partial charge in [0.05, 0.1) is 25.8 Å². The summed E-state index contributed by atoms with van der Waals surface area (Å²) in [6.07, 6.45) is 2.16. The molecule has 0 aliphatic heterocycles. The maximum atomic E-state index is 12.2. The number of anilines is 1. The van der Waals surface area contributed by atoms with Gasteiger partial charge in [0.1, 0.15) is 9.88 Å². The fourth-order valence-electron chi connectivity index (χ4n) is 2.92. The van der Waals surface area contributed by atoms with E-state index in [-0.39, 0.29) is 11.6 Å². The number of hydrogen-bond donors (Lipinski definition) is 2. The summed E-state index contributed by atoms with van der Waals surface area (Å²) >= 11 is 6.53. The van der Waals surface area contributed by atoms with Crippen LogP contribution in [0.3, 0.4) is 0 Å². The summed E-state index contributed by atoms with van der Waals surface area (Å²) in [5, 5.41) is 7.03. The van der Waals surface area contributed by atoms with Crippen LogP contribution in [0.15, 0.2) is 24.3 Å². The number of ether oxygens (including phenoxy) is 2. The Hall–Kier alpha value is -2.45. The van der Waals surface area contributed by atoms with E-state index in [4.69, 9.17) is 21.7 Å². The Labute approximate surface area is 180 Å². The molecule has 0 amide bonds. The number of rotatable bonds is 7. The average Bonchev–Trinajstić information content (AvgIpc) is 3.03. The van der Waals surface area contributed by atoms with E-state index in [0.29, 0.717) is 20.6 Å². The molecule has 0 spiro atoms. The van der Waals surface area contributed by atoms with Crippen LogP contribution in [0, 0.1) is 6.92 Å². The molecule has 0 saturated carbocycles. The normalized spacial score (nSPS) is 11.5. The lowest BCUT2D eigenvalue weighted by Gasteiger charge is -2.17. The Balaban J connectivity index is 2.16. The quantitative estimate of drug-likeness (QED) is 0.486. The number of esters is 2. The molecule has 2 rings (SSSR count). The molecule has 29 heavy (non-hydrogen) atoms. The molecule has 0 saturated heterocycles. The second kappa shape index (κ2) is 10.4. The molecule has 0 aliphatic carbocycles. The smallest absolute Gasteiger partial charge is 0.348 e. The number of benzene rings is 1. The third-order valence-electron chi connectivity index (χ3n) is 4.50. The zero-order chi connectivity index (χ0) is 21.6. The Morgan fingerprint density at radius 2 is 1.76 bits per heavy atom. The zero-order valence-corrected chi connectivity index (χ0v) is 18.9. The van der Waals surface area contributed by atoms with Crippen LogP contribution in [-0.4, -0.2) is 31.3 Å². The molecule has 1 atom stereocenters. The van der Waals surface area contributed by atoms with Gasteiger partial charge in [0.15, 0.2) is 5.11 Å². The number of aryl methyl sites for hydroxylation is 1. The topological polar surface area (TPSA) is 76.7 Å². The van der Waals surface area contributed by atoms with Crippen molar-refractivity contribution >= 4 is 45.6 Å². The Kier molecular flexibility index (Phi) is 8.16. The minimum Gasteiger partial charge on any atom is -0.465 e. The number of hydrogen-bond acceptors (Lipinski definition) is 6. The van der Waals surface area contributed by atoms with Gasteiger partial charge in [-0.15, -0.1) is 11.3 Å². The predicted molar refractivity (Wildman–Crippen MR) is 120 cm³/mol. The SMILES string of the molecule is CCCc1ccc(C(C)NC(=S)Nc2sc(C(=O)OC)c(C)c2C(=O)OC)cc1. The van der Waals surface area contributed by atoms with E-state index in [1.165, 1.54) is 19.8 Å². The fraction of sp³-hybridized carbons (Fsp3) is 0.381. The van der Waals surface area contributed by atoms with Gasteiger partial charge in [-0.05, 0) is 49.2 Å². The van der Waals surface area contributed by atoms with Crippen LogP contribution in [0.5, 0.6) is 0 Å². The van der Waals surface area contributed by atoms with Crippen molar-refractivity contribution < 1.29 is 19.1 Å². The molecule has 0 fully saturated rings. The van der Waals surface area contributed by atoms with Crippen LogP contribution in [-0.2, 0) is 15.9 Å². The lowest BCUT2D eigenvalue weighted by molar-refractivity contribution is 0.0601. The van der Waals surface area contributed by atoms with Gasteiger partial charge in [-0.1, -0.05) is 37.6 Å². The van der Waals surface area contributed by atoms with Crippen molar-refractivity contribution in [2.24, 2.45) is 0 Å². The highest BCUT2D eigenvalue weighted by molar-refractivity contribution is 7.80. The minimum absolute atomic E-state index is 0.0339. The van der Waals surface area contributed by atoms with Gasteiger partial charge in [-0.3, -0.25) is 0 Å². The largest absolute Gasteiger partial charge is 0.465 e. The van der Waals surface area contributed by atoms with Crippen LogP contribution >= 0.6 is 23.6 Å². The summed E-state index contributed by atoms with van der Waals surface area (Å²) in [5.41, 5.74) is 3.17. The molecule has 1 unspecified atom stereocenters. The number of methoxy groups -OCH3 is 2. The molecule has 6 nitrogen and oxygen atoms in total. The van der Waals surface area contributed by atoms with Crippen molar-refractivity contribution in [3.8, 4) is 0 Å². The van der Waals surface area contributed by atoms with Crippen LogP contribution in [0.2, 0.25) is 0 Å². The standard InChI is InChI=1S/C21H26N2O4S2/c1-6-7-14-8-10-15(11-9-14)13(3)22-21(28)23-18-16(19(24)26-4)12(2)17(29-18)20(25)27-5/h8-11,13H,6-7H2,1-5H3,(H2,22,23,28). The van der Waals surface area contributed by atoms with Crippen molar-refractivity contribution in [2.75, 3.05) is 19.5 Å². The molecule has 2 N–H and O–H groups in total. The van der Waals surface area contributed by atoms with E-state index in [2.05, 4.69) is 41.8 Å². The summed E-state index contributed by atoms with van der Waals surface area (Å²) < 4.78 is 9.66. The minimum atomic E-state index is -0.543. The van der Waals surface area contributed by atoms with E-state index >= 15 is 0 Å². The van der Waals surface area contributed by atoms with E-state index in [0.717, 1.165) is 29.7 Å². The summed E-state index contributed by atoms with van der Waals surface area (Å²) in [4.78, 5) is 24.5. The van der Waals surface area contributed by atoms with Crippen molar-refractivity contribution in [2.45, 2.75) is 39.7 Å². The zero-order valence-electron chi connectivity index (χ0n) is 17.3. The van der Waals surface area contributed by atoms with Gasteiger partial charge in [-0.25, -0.2) is 9.59 Å². The molecule has 0 bridgehead atoms. The molecule has 1 heterocycles. The average molecular weight is 435 g/mol. The first kappa shape index (κ1) is 22.8. The summed E-state index contributed by atoms with van der Waals surface area (Å²) in [6.45, 7) is 5.84. The van der Waals surface area contributed by atoms with Crippen LogP contribution in [0.25, 0.3) is 0 Å². The second-order valence-corrected chi connectivity index (χ2v) is 7.98. The van der Waals surface area contributed by atoms with Gasteiger partial charge in [0.2, 0.25) is 0 Å². The molecular weight excluding hydrogens is 408 g/mol. The third-order valence-corrected chi connectivity index (χ3v) is 5.91. The fourth-order valence-corrected chi connectivity index (χ4v) is 4.38. The van der Waals surface area contributed by atoms with E-state index < -0.39 is 11.9 Å². The highest BCUT2D eigenvalue weighted by Crippen LogP contribution is 2.34. The molecule has 2 aromatic rings. The van der Waals surface area contributed by atoms with Gasteiger partial charge in [0.25, 0.3) is 0 Å². The molecule has 1 aromatic heterocycles. The Morgan fingerprint density at radius 3 is 2.31 bits per heavy atom. The van der Waals surface area contributed by atoms with Gasteiger partial charge >= 0.3 is 11.9 Å². The first-order chi connectivity index (χ1) is 13.8. The number of carbonyl (C=O) groups is 2. The van der Waals surface area contributed by atoms with Gasteiger partial charge in [-0.2, -0.15) is 0 Å². The summed E-state index contributed by atoms with van der Waals surface area (Å²) in [5.74, 6) is -1.05. The molecular formula is C21H26N2O4S2. The molecule has 0 aliphatic rings. The van der Waals surface area contributed by atoms with Crippen LogP contribution in [0.4, 0.5) is 5.00 Å². The van der Waals surface area contributed by atoms with Crippen molar-refractivity contribution in [3.05, 3.63) is 51.4 Å².